The summed E-state index contributed by atoms with van der Waals surface area (Å²) in [5.74, 6) is 1.21. The van der Waals surface area contributed by atoms with Crippen LogP contribution < -0.4 is 20.3 Å². The van der Waals surface area contributed by atoms with Crippen molar-refractivity contribution in [2.45, 2.75) is 19.3 Å². The van der Waals surface area contributed by atoms with E-state index in [4.69, 9.17) is 9.47 Å². The molecule has 1 amide bonds. The molecule has 1 unspecified atom stereocenters. The van der Waals surface area contributed by atoms with E-state index in [1.165, 1.54) is 12.1 Å². The minimum atomic E-state index is -0.632. The van der Waals surface area contributed by atoms with Crippen molar-refractivity contribution < 1.29 is 19.2 Å². The molecule has 0 radical (unpaired) electrons. The van der Waals surface area contributed by atoms with E-state index in [1.807, 2.05) is 53.4 Å². The van der Waals surface area contributed by atoms with Crippen molar-refractivity contribution in [3.05, 3.63) is 99.6 Å². The molecule has 1 aliphatic rings. The Balaban J connectivity index is 1.44. The van der Waals surface area contributed by atoms with E-state index in [9.17, 15) is 14.9 Å². The van der Waals surface area contributed by atoms with Gasteiger partial charge in [-0.05, 0) is 23.8 Å². The van der Waals surface area contributed by atoms with Gasteiger partial charge in [-0.2, -0.15) is 0 Å². The molecule has 1 atom stereocenters. The number of hydrazine groups is 1. The van der Waals surface area contributed by atoms with Crippen molar-refractivity contribution in [3.63, 3.8) is 0 Å². The summed E-state index contributed by atoms with van der Waals surface area (Å²) in [7, 11) is 1.61. The van der Waals surface area contributed by atoms with Gasteiger partial charge in [0.2, 0.25) is 5.91 Å². The van der Waals surface area contributed by atoms with Crippen molar-refractivity contribution in [1.29, 1.82) is 0 Å². The molecule has 1 heterocycles. The highest BCUT2D eigenvalue weighted by Gasteiger charge is 2.31. The summed E-state index contributed by atoms with van der Waals surface area (Å²) < 4.78 is 11.3. The SMILES string of the molecule is COc1ccc(CNNC(=O)CN2Cc3ccccc3OC2c2cccc([N+](=O)[O-])c2)cc1. The normalized spacial score (nSPS) is 15.2. The van der Waals surface area contributed by atoms with Gasteiger partial charge in [-0.15, -0.1) is 0 Å². The maximum atomic E-state index is 12.7. The second-order valence-corrected chi connectivity index (χ2v) is 7.58. The molecule has 9 heteroatoms. The molecule has 9 nitrogen and oxygen atoms in total. The monoisotopic (exact) mass is 448 g/mol. The number of methoxy groups -OCH3 is 1. The Hall–Kier alpha value is -3.95. The summed E-state index contributed by atoms with van der Waals surface area (Å²) >= 11 is 0. The highest BCUT2D eigenvalue weighted by molar-refractivity contribution is 5.77. The molecule has 3 aromatic carbocycles. The Kier molecular flexibility index (Phi) is 6.82. The van der Waals surface area contributed by atoms with Gasteiger partial charge in [-0.1, -0.05) is 42.5 Å². The van der Waals surface area contributed by atoms with Crippen LogP contribution in [0, 0.1) is 10.1 Å². The molecule has 3 aromatic rings. The molecule has 0 spiro atoms. The number of carbonyl (C=O) groups excluding carboxylic acids is 1. The molecule has 0 saturated carbocycles. The number of fused-ring (bicyclic) bond motifs is 1. The number of hydrogen-bond acceptors (Lipinski definition) is 7. The summed E-state index contributed by atoms with van der Waals surface area (Å²) in [6.07, 6.45) is -0.632. The average Bonchev–Trinajstić information content (AvgIpc) is 2.84. The molecule has 170 valence electrons. The number of nitrogens with zero attached hydrogens (tertiary/aromatic N) is 2. The van der Waals surface area contributed by atoms with Gasteiger partial charge in [-0.25, -0.2) is 5.43 Å². The van der Waals surface area contributed by atoms with Gasteiger partial charge in [0.25, 0.3) is 5.69 Å². The molecule has 2 N–H and O–H groups in total. The van der Waals surface area contributed by atoms with E-state index in [1.54, 1.807) is 19.2 Å². The molecule has 1 aliphatic heterocycles. The molecule has 0 bridgehead atoms. The number of ether oxygens (including phenoxy) is 2. The zero-order valence-corrected chi connectivity index (χ0v) is 18.1. The number of hydrogen-bond donors (Lipinski definition) is 2. The Morgan fingerprint density at radius 1 is 1.15 bits per heavy atom. The maximum Gasteiger partial charge on any atom is 0.269 e. The van der Waals surface area contributed by atoms with Crippen LogP contribution in [-0.4, -0.2) is 29.4 Å². The lowest BCUT2D eigenvalue weighted by atomic mass is 10.1. The Labute approximate surface area is 191 Å². The third-order valence-corrected chi connectivity index (χ3v) is 5.31. The van der Waals surface area contributed by atoms with Crippen LogP contribution in [-0.2, 0) is 17.9 Å². The van der Waals surface area contributed by atoms with Crippen LogP contribution in [0.1, 0.15) is 22.9 Å². The lowest BCUT2D eigenvalue weighted by Crippen LogP contribution is -2.46. The molecule has 0 aliphatic carbocycles. The first-order valence-corrected chi connectivity index (χ1v) is 10.4. The predicted octanol–water partition coefficient (Wildman–Crippen LogP) is 3.32. The standard InChI is InChI=1S/C24H24N4O5/c1-32-21-11-9-17(10-12-21)14-25-26-23(29)16-27-15-19-5-2-3-8-22(19)33-24(27)18-6-4-7-20(13-18)28(30)31/h2-13,24-25H,14-16H2,1H3,(H,26,29). The fourth-order valence-electron chi connectivity index (χ4n) is 3.67. The van der Waals surface area contributed by atoms with E-state index >= 15 is 0 Å². The minimum absolute atomic E-state index is 0.0273. The summed E-state index contributed by atoms with van der Waals surface area (Å²) in [5.41, 5.74) is 8.15. The lowest BCUT2D eigenvalue weighted by molar-refractivity contribution is -0.385. The van der Waals surface area contributed by atoms with Crippen LogP contribution in [0.4, 0.5) is 5.69 Å². The van der Waals surface area contributed by atoms with Gasteiger partial charge in [0.1, 0.15) is 11.5 Å². The molecule has 0 saturated heterocycles. The molecule has 0 fully saturated rings. The average molecular weight is 448 g/mol. The second kappa shape index (κ2) is 10.1. The van der Waals surface area contributed by atoms with Gasteiger partial charge >= 0.3 is 0 Å². The summed E-state index contributed by atoms with van der Waals surface area (Å²) in [4.78, 5) is 25.3. The Morgan fingerprint density at radius 2 is 1.94 bits per heavy atom. The molecular weight excluding hydrogens is 424 g/mol. The van der Waals surface area contributed by atoms with Crippen molar-refractivity contribution >= 4 is 11.6 Å². The first-order chi connectivity index (χ1) is 16.0. The number of nitro benzene ring substituents is 1. The number of non-ortho nitro benzene ring substituents is 1. The zero-order chi connectivity index (χ0) is 23.2. The Bertz CT molecular complexity index is 1140. The van der Waals surface area contributed by atoms with Crippen LogP contribution in [0.3, 0.4) is 0 Å². The fourth-order valence-corrected chi connectivity index (χ4v) is 3.67. The summed E-state index contributed by atoms with van der Waals surface area (Å²) in [5, 5.41) is 11.2. The van der Waals surface area contributed by atoms with E-state index < -0.39 is 11.2 Å². The molecule has 33 heavy (non-hydrogen) atoms. The second-order valence-electron chi connectivity index (χ2n) is 7.58. The van der Waals surface area contributed by atoms with Crippen LogP contribution in [0.2, 0.25) is 0 Å². The van der Waals surface area contributed by atoms with Crippen LogP contribution in [0.5, 0.6) is 11.5 Å². The molecular formula is C24H24N4O5. The van der Waals surface area contributed by atoms with E-state index in [2.05, 4.69) is 10.9 Å². The largest absolute Gasteiger partial charge is 0.497 e. The first-order valence-electron chi connectivity index (χ1n) is 10.4. The smallest absolute Gasteiger partial charge is 0.269 e. The summed E-state index contributed by atoms with van der Waals surface area (Å²) in [6, 6.07) is 21.4. The van der Waals surface area contributed by atoms with Gasteiger partial charge in [0, 0.05) is 36.3 Å². The van der Waals surface area contributed by atoms with E-state index in [-0.39, 0.29) is 18.1 Å². The number of benzene rings is 3. The number of nitrogens with one attached hydrogen (secondary N) is 2. The van der Waals surface area contributed by atoms with Gasteiger partial charge in [0.15, 0.2) is 6.23 Å². The van der Waals surface area contributed by atoms with Gasteiger partial charge < -0.3 is 9.47 Å². The summed E-state index contributed by atoms with van der Waals surface area (Å²) in [6.45, 7) is 0.954. The van der Waals surface area contributed by atoms with Crippen LogP contribution in [0.15, 0.2) is 72.8 Å². The van der Waals surface area contributed by atoms with Crippen LogP contribution >= 0.6 is 0 Å². The first kappa shape index (κ1) is 22.3. The molecule has 4 rings (SSSR count). The van der Waals surface area contributed by atoms with Crippen molar-refractivity contribution in [1.82, 2.24) is 15.8 Å². The maximum absolute atomic E-state index is 12.7. The van der Waals surface area contributed by atoms with Crippen molar-refractivity contribution in [2.24, 2.45) is 0 Å². The van der Waals surface area contributed by atoms with Gasteiger partial charge in [-0.3, -0.25) is 25.2 Å². The molecule has 0 aromatic heterocycles. The number of rotatable bonds is 8. The van der Waals surface area contributed by atoms with E-state index in [0.717, 1.165) is 16.9 Å². The third kappa shape index (κ3) is 5.46. The predicted molar refractivity (Wildman–Crippen MR) is 121 cm³/mol. The quantitative estimate of drug-likeness (QED) is 0.402. The number of nitro groups is 1. The van der Waals surface area contributed by atoms with Crippen molar-refractivity contribution in [2.75, 3.05) is 13.7 Å². The number of amides is 1. The highest BCUT2D eigenvalue weighted by atomic mass is 16.6. The number of para-hydroxylation sites is 1. The Morgan fingerprint density at radius 3 is 2.70 bits per heavy atom. The third-order valence-electron chi connectivity index (χ3n) is 5.31. The topological polar surface area (TPSA) is 106 Å². The fraction of sp³-hybridized carbons (Fsp3) is 0.208. The van der Waals surface area contributed by atoms with E-state index in [0.29, 0.717) is 24.4 Å². The lowest BCUT2D eigenvalue weighted by Gasteiger charge is -2.36. The highest BCUT2D eigenvalue weighted by Crippen LogP contribution is 2.35. The van der Waals surface area contributed by atoms with Crippen LogP contribution in [0.25, 0.3) is 0 Å². The zero-order valence-electron chi connectivity index (χ0n) is 18.1. The number of carbonyl (C=O) groups is 1. The van der Waals surface area contributed by atoms with Gasteiger partial charge in [0.05, 0.1) is 18.6 Å². The van der Waals surface area contributed by atoms with Crippen molar-refractivity contribution in [3.8, 4) is 11.5 Å². The minimum Gasteiger partial charge on any atom is -0.497 e.